The van der Waals surface area contributed by atoms with Crippen LogP contribution < -0.4 is 16.2 Å². The van der Waals surface area contributed by atoms with Crippen LogP contribution in [-0.4, -0.2) is 26.0 Å². The second-order valence-electron chi connectivity index (χ2n) is 6.57. The molecule has 0 aliphatic carbocycles. The molecular weight excluding hydrogens is 436 g/mol. The van der Waals surface area contributed by atoms with E-state index in [4.69, 9.17) is 0 Å². The number of carbonyl (C=O) groups is 2. The average molecular weight is 457 g/mol. The molecule has 2 N–H and O–H groups in total. The van der Waals surface area contributed by atoms with Gasteiger partial charge in [0.25, 0.3) is 11.5 Å². The maximum atomic E-state index is 12.9. The summed E-state index contributed by atoms with van der Waals surface area (Å²) in [6.07, 6.45) is 0. The molecule has 2 amide bonds. The molecule has 0 bridgehead atoms. The Balaban J connectivity index is 1.83. The van der Waals surface area contributed by atoms with E-state index < -0.39 is 5.91 Å². The van der Waals surface area contributed by atoms with Gasteiger partial charge in [-0.25, -0.2) is 4.68 Å². The van der Waals surface area contributed by atoms with Crippen LogP contribution in [0, 0.1) is 6.92 Å². The number of nitrogens with zero attached hydrogens (tertiary/aromatic N) is 2. The average Bonchev–Trinajstić information content (AvgIpc) is 2.92. The molecule has 1 heterocycles. The van der Waals surface area contributed by atoms with E-state index >= 15 is 0 Å². The molecule has 0 radical (unpaired) electrons. The molecule has 0 fully saturated rings. The fourth-order valence-corrected chi connectivity index (χ4v) is 2.96. The van der Waals surface area contributed by atoms with Crippen molar-refractivity contribution in [3.05, 3.63) is 76.2 Å². The van der Waals surface area contributed by atoms with Gasteiger partial charge in [-0.3, -0.25) is 19.1 Å². The van der Waals surface area contributed by atoms with E-state index in [1.807, 2.05) is 30.3 Å². The highest BCUT2D eigenvalue weighted by atomic mass is 79.9. The normalized spacial score (nSPS) is 11.7. The summed E-state index contributed by atoms with van der Waals surface area (Å²) in [4.78, 5) is 36.9. The molecule has 1 atom stereocenters. The van der Waals surface area contributed by atoms with E-state index in [1.165, 1.54) is 4.68 Å². The van der Waals surface area contributed by atoms with E-state index in [2.05, 4.69) is 26.6 Å². The maximum Gasteiger partial charge on any atom is 0.295 e. The van der Waals surface area contributed by atoms with Gasteiger partial charge in [0.15, 0.2) is 0 Å². The van der Waals surface area contributed by atoms with E-state index in [1.54, 1.807) is 49.8 Å². The topological polar surface area (TPSA) is 85.1 Å². The Bertz CT molecular complexity index is 1100. The molecule has 0 unspecified atom stereocenters. The third-order valence-electron chi connectivity index (χ3n) is 4.57. The lowest BCUT2D eigenvalue weighted by molar-refractivity contribution is -0.115. The highest BCUT2D eigenvalue weighted by Crippen LogP contribution is 2.16. The van der Waals surface area contributed by atoms with Crippen molar-refractivity contribution in [3.63, 3.8) is 0 Å². The number of alkyl halides is 1. The number of para-hydroxylation sites is 1. The standard InChI is InChI=1S/C21H21BrN4O3/c1-13(22)19(27)23-16-11-9-15(10-12-16)20(28)24-18-14(2)25(3)26(21(18)29)17-7-5-4-6-8-17/h4-13H,1-3H3,(H,23,27)(H,24,28)/t13-/m0/s1. The molecule has 3 aromatic rings. The van der Waals surface area contributed by atoms with Crippen molar-refractivity contribution in [3.8, 4) is 5.69 Å². The first-order chi connectivity index (χ1) is 13.8. The zero-order valence-electron chi connectivity index (χ0n) is 16.3. The largest absolute Gasteiger partial charge is 0.325 e. The summed E-state index contributed by atoms with van der Waals surface area (Å²) in [6.45, 7) is 3.50. The number of anilines is 2. The number of amides is 2. The van der Waals surface area contributed by atoms with Crippen molar-refractivity contribution in [2.24, 2.45) is 7.05 Å². The summed E-state index contributed by atoms with van der Waals surface area (Å²) in [6, 6.07) is 15.7. The molecular formula is C21H21BrN4O3. The minimum atomic E-state index is -0.400. The highest BCUT2D eigenvalue weighted by molar-refractivity contribution is 9.10. The van der Waals surface area contributed by atoms with Crippen LogP contribution in [-0.2, 0) is 11.8 Å². The fraction of sp³-hybridized carbons (Fsp3) is 0.190. The summed E-state index contributed by atoms with van der Waals surface area (Å²) in [5.41, 5.74) is 2.24. The quantitative estimate of drug-likeness (QED) is 0.576. The van der Waals surface area contributed by atoms with Crippen molar-refractivity contribution >= 4 is 39.1 Å². The van der Waals surface area contributed by atoms with Gasteiger partial charge in [0.1, 0.15) is 5.69 Å². The van der Waals surface area contributed by atoms with Gasteiger partial charge in [0.05, 0.1) is 16.2 Å². The zero-order chi connectivity index (χ0) is 21.1. The molecule has 0 aliphatic rings. The second-order valence-corrected chi connectivity index (χ2v) is 7.95. The Morgan fingerprint density at radius 2 is 1.62 bits per heavy atom. The molecule has 0 aliphatic heterocycles. The van der Waals surface area contributed by atoms with Gasteiger partial charge in [-0.2, -0.15) is 0 Å². The molecule has 8 heteroatoms. The Labute approximate surface area is 176 Å². The van der Waals surface area contributed by atoms with Crippen LogP contribution in [0.25, 0.3) is 5.69 Å². The van der Waals surface area contributed by atoms with Crippen molar-refractivity contribution in [1.29, 1.82) is 0 Å². The maximum absolute atomic E-state index is 12.9. The van der Waals surface area contributed by atoms with Crippen LogP contribution in [0.3, 0.4) is 0 Å². The molecule has 0 saturated heterocycles. The molecule has 150 valence electrons. The van der Waals surface area contributed by atoms with Gasteiger partial charge < -0.3 is 10.6 Å². The number of benzene rings is 2. The number of aromatic nitrogens is 2. The third-order valence-corrected chi connectivity index (χ3v) is 4.98. The van der Waals surface area contributed by atoms with Crippen LogP contribution in [0.15, 0.2) is 59.4 Å². The first-order valence-corrected chi connectivity index (χ1v) is 9.91. The smallest absolute Gasteiger partial charge is 0.295 e. The fourth-order valence-electron chi connectivity index (χ4n) is 2.84. The van der Waals surface area contributed by atoms with E-state index in [-0.39, 0.29) is 22.0 Å². The number of hydrogen-bond acceptors (Lipinski definition) is 3. The second kappa shape index (κ2) is 8.48. The summed E-state index contributed by atoms with van der Waals surface area (Å²) < 4.78 is 3.21. The highest BCUT2D eigenvalue weighted by Gasteiger charge is 2.19. The van der Waals surface area contributed by atoms with E-state index in [9.17, 15) is 14.4 Å². The Kier molecular flexibility index (Phi) is 6.03. The van der Waals surface area contributed by atoms with Crippen molar-refractivity contribution in [1.82, 2.24) is 9.36 Å². The van der Waals surface area contributed by atoms with Crippen LogP contribution >= 0.6 is 15.9 Å². The lowest BCUT2D eigenvalue weighted by Crippen LogP contribution is -2.23. The van der Waals surface area contributed by atoms with Gasteiger partial charge in [0, 0.05) is 18.3 Å². The summed E-state index contributed by atoms with van der Waals surface area (Å²) >= 11 is 3.20. The van der Waals surface area contributed by atoms with Gasteiger partial charge >= 0.3 is 0 Å². The van der Waals surface area contributed by atoms with Gasteiger partial charge in [-0.15, -0.1) is 0 Å². The van der Waals surface area contributed by atoms with Crippen molar-refractivity contribution in [2.75, 3.05) is 10.6 Å². The minimum Gasteiger partial charge on any atom is -0.325 e. The first kappa shape index (κ1) is 20.6. The van der Waals surface area contributed by atoms with E-state index in [0.29, 0.717) is 22.6 Å². The number of hydrogen-bond donors (Lipinski definition) is 2. The van der Waals surface area contributed by atoms with Gasteiger partial charge in [-0.05, 0) is 50.2 Å². The number of halogens is 1. The van der Waals surface area contributed by atoms with Crippen LogP contribution in [0.2, 0.25) is 0 Å². The lowest BCUT2D eigenvalue weighted by atomic mass is 10.2. The number of carbonyl (C=O) groups excluding carboxylic acids is 2. The van der Waals surface area contributed by atoms with Gasteiger partial charge in [-0.1, -0.05) is 34.1 Å². The predicted molar refractivity (Wildman–Crippen MR) is 117 cm³/mol. The SMILES string of the molecule is Cc1c(NC(=O)c2ccc(NC(=O)[C@H](C)Br)cc2)c(=O)n(-c2ccccc2)n1C. The van der Waals surface area contributed by atoms with Crippen LogP contribution in [0.5, 0.6) is 0 Å². The predicted octanol–water partition coefficient (Wildman–Crippen LogP) is 3.46. The van der Waals surface area contributed by atoms with Crippen LogP contribution in [0.1, 0.15) is 23.0 Å². The molecule has 0 saturated carbocycles. The zero-order valence-corrected chi connectivity index (χ0v) is 17.9. The summed E-state index contributed by atoms with van der Waals surface area (Å²) in [7, 11) is 1.77. The van der Waals surface area contributed by atoms with E-state index in [0.717, 1.165) is 0 Å². The summed E-state index contributed by atoms with van der Waals surface area (Å²) in [5, 5.41) is 5.45. The third kappa shape index (κ3) is 4.32. The van der Waals surface area contributed by atoms with Crippen molar-refractivity contribution in [2.45, 2.75) is 18.7 Å². The molecule has 0 spiro atoms. The van der Waals surface area contributed by atoms with Crippen LogP contribution in [0.4, 0.5) is 11.4 Å². The molecule has 2 aromatic carbocycles. The minimum absolute atomic E-state index is 0.177. The lowest BCUT2D eigenvalue weighted by Gasteiger charge is -2.08. The number of rotatable bonds is 5. The molecule has 3 rings (SSSR count). The number of nitrogens with one attached hydrogen (secondary N) is 2. The molecule has 29 heavy (non-hydrogen) atoms. The Morgan fingerprint density at radius 3 is 2.21 bits per heavy atom. The first-order valence-electron chi connectivity index (χ1n) is 9.00. The molecule has 1 aromatic heterocycles. The van der Waals surface area contributed by atoms with Gasteiger partial charge in [0.2, 0.25) is 5.91 Å². The Morgan fingerprint density at radius 1 is 1.00 bits per heavy atom. The Hall–Kier alpha value is -3.13. The van der Waals surface area contributed by atoms with Crippen molar-refractivity contribution < 1.29 is 9.59 Å². The monoisotopic (exact) mass is 456 g/mol. The molecule has 7 nitrogen and oxygen atoms in total. The summed E-state index contributed by atoms with van der Waals surface area (Å²) in [5.74, 6) is -0.577.